The summed E-state index contributed by atoms with van der Waals surface area (Å²) >= 11 is 0. The molecule has 0 bridgehead atoms. The van der Waals surface area contributed by atoms with Gasteiger partial charge in [0.25, 0.3) is 0 Å². The standard InChI is InChI=1S/C12H21N3O/c1-10(12-6-4-5-7-13-12)14-8-11(16)9-15(2)3/h4-7,10-11,14,16H,8-9H2,1-3H3. The quantitative estimate of drug-likeness (QED) is 0.743. The van der Waals surface area contributed by atoms with Crippen molar-refractivity contribution in [1.82, 2.24) is 15.2 Å². The maximum absolute atomic E-state index is 9.69. The van der Waals surface area contributed by atoms with Gasteiger partial charge in [-0.05, 0) is 33.2 Å². The van der Waals surface area contributed by atoms with Crippen molar-refractivity contribution in [1.29, 1.82) is 0 Å². The first-order valence-corrected chi connectivity index (χ1v) is 5.56. The summed E-state index contributed by atoms with van der Waals surface area (Å²) in [6, 6.07) is 6.02. The van der Waals surface area contributed by atoms with E-state index < -0.39 is 0 Å². The molecule has 1 rings (SSSR count). The second-order valence-electron chi connectivity index (χ2n) is 4.30. The van der Waals surface area contributed by atoms with Gasteiger partial charge in [-0.1, -0.05) is 6.07 Å². The minimum absolute atomic E-state index is 0.165. The Hall–Kier alpha value is -0.970. The molecule has 90 valence electrons. The van der Waals surface area contributed by atoms with Crippen LogP contribution in [0.3, 0.4) is 0 Å². The van der Waals surface area contributed by atoms with Gasteiger partial charge in [-0.25, -0.2) is 0 Å². The predicted octanol–water partition coefficient (Wildman–Crippen LogP) is 0.655. The van der Waals surface area contributed by atoms with Crippen LogP contribution < -0.4 is 5.32 Å². The van der Waals surface area contributed by atoms with Gasteiger partial charge in [0.1, 0.15) is 0 Å². The fourth-order valence-corrected chi connectivity index (χ4v) is 1.54. The first-order chi connectivity index (χ1) is 7.59. The molecular weight excluding hydrogens is 202 g/mol. The van der Waals surface area contributed by atoms with Gasteiger partial charge in [0.15, 0.2) is 0 Å². The maximum Gasteiger partial charge on any atom is 0.0791 e. The number of hydrogen-bond donors (Lipinski definition) is 2. The summed E-state index contributed by atoms with van der Waals surface area (Å²) in [5.74, 6) is 0. The number of likely N-dealkylation sites (N-methyl/N-ethyl adjacent to an activating group) is 1. The van der Waals surface area contributed by atoms with Crippen molar-refractivity contribution in [2.24, 2.45) is 0 Å². The summed E-state index contributed by atoms with van der Waals surface area (Å²) in [7, 11) is 3.90. The second kappa shape index (κ2) is 6.58. The van der Waals surface area contributed by atoms with Gasteiger partial charge < -0.3 is 15.3 Å². The van der Waals surface area contributed by atoms with Crippen molar-refractivity contribution in [2.75, 3.05) is 27.2 Å². The van der Waals surface area contributed by atoms with Crippen molar-refractivity contribution >= 4 is 0 Å². The number of nitrogens with one attached hydrogen (secondary N) is 1. The van der Waals surface area contributed by atoms with Crippen LogP contribution in [-0.4, -0.2) is 48.3 Å². The summed E-state index contributed by atoms with van der Waals surface area (Å²) in [4.78, 5) is 6.23. The van der Waals surface area contributed by atoms with E-state index in [0.29, 0.717) is 13.1 Å². The highest BCUT2D eigenvalue weighted by molar-refractivity contribution is 5.07. The first kappa shape index (κ1) is 13.1. The maximum atomic E-state index is 9.69. The van der Waals surface area contributed by atoms with Crippen LogP contribution in [0, 0.1) is 0 Å². The van der Waals surface area contributed by atoms with E-state index in [4.69, 9.17) is 0 Å². The average molecular weight is 223 g/mol. The Morgan fingerprint density at radius 2 is 2.19 bits per heavy atom. The molecular formula is C12H21N3O. The lowest BCUT2D eigenvalue weighted by Crippen LogP contribution is -2.36. The third-order valence-electron chi connectivity index (χ3n) is 2.37. The van der Waals surface area contributed by atoms with Crippen LogP contribution in [0.4, 0.5) is 0 Å². The Morgan fingerprint density at radius 3 is 2.75 bits per heavy atom. The Labute approximate surface area is 97.3 Å². The highest BCUT2D eigenvalue weighted by Crippen LogP contribution is 2.07. The molecule has 1 heterocycles. The van der Waals surface area contributed by atoms with Gasteiger partial charge in [-0.15, -0.1) is 0 Å². The summed E-state index contributed by atoms with van der Waals surface area (Å²) < 4.78 is 0. The van der Waals surface area contributed by atoms with Gasteiger partial charge >= 0.3 is 0 Å². The third kappa shape index (κ3) is 4.70. The molecule has 0 spiro atoms. The molecule has 0 aromatic carbocycles. The third-order valence-corrected chi connectivity index (χ3v) is 2.37. The molecule has 16 heavy (non-hydrogen) atoms. The van der Waals surface area contributed by atoms with Gasteiger partial charge in [-0.2, -0.15) is 0 Å². The van der Waals surface area contributed by atoms with Crippen molar-refractivity contribution in [3.8, 4) is 0 Å². The normalized spacial score (nSPS) is 15.1. The van der Waals surface area contributed by atoms with Crippen LogP contribution >= 0.6 is 0 Å². The van der Waals surface area contributed by atoms with Crippen LogP contribution in [0.1, 0.15) is 18.7 Å². The summed E-state index contributed by atoms with van der Waals surface area (Å²) in [6.45, 7) is 3.29. The van der Waals surface area contributed by atoms with E-state index in [1.807, 2.05) is 44.1 Å². The lowest BCUT2D eigenvalue weighted by Gasteiger charge is -2.19. The fraction of sp³-hybridized carbons (Fsp3) is 0.583. The molecule has 2 unspecified atom stereocenters. The van der Waals surface area contributed by atoms with Crippen molar-refractivity contribution in [3.05, 3.63) is 30.1 Å². The summed E-state index contributed by atoms with van der Waals surface area (Å²) in [5, 5.41) is 13.0. The SMILES string of the molecule is CC(NCC(O)CN(C)C)c1ccccn1. The number of aliphatic hydroxyl groups excluding tert-OH is 1. The Kier molecular flexibility index (Phi) is 5.38. The van der Waals surface area contributed by atoms with Crippen molar-refractivity contribution in [2.45, 2.75) is 19.1 Å². The molecule has 4 heteroatoms. The van der Waals surface area contributed by atoms with Gasteiger partial charge in [0, 0.05) is 25.3 Å². The fourth-order valence-electron chi connectivity index (χ4n) is 1.54. The number of aliphatic hydroxyl groups is 1. The van der Waals surface area contributed by atoms with Gasteiger partial charge in [0.05, 0.1) is 11.8 Å². The van der Waals surface area contributed by atoms with Gasteiger partial charge in [-0.3, -0.25) is 4.98 Å². The zero-order valence-corrected chi connectivity index (χ0v) is 10.2. The minimum Gasteiger partial charge on any atom is -0.390 e. The highest BCUT2D eigenvalue weighted by Gasteiger charge is 2.09. The van der Waals surface area contributed by atoms with E-state index in [0.717, 1.165) is 5.69 Å². The Morgan fingerprint density at radius 1 is 1.44 bits per heavy atom. The summed E-state index contributed by atoms with van der Waals surface area (Å²) in [6.07, 6.45) is 1.44. The zero-order valence-electron chi connectivity index (χ0n) is 10.2. The molecule has 1 aromatic heterocycles. The average Bonchev–Trinajstić information content (AvgIpc) is 2.26. The Bertz CT molecular complexity index is 290. The minimum atomic E-state index is -0.346. The molecule has 0 saturated carbocycles. The molecule has 0 fully saturated rings. The van der Waals surface area contributed by atoms with Crippen molar-refractivity contribution in [3.63, 3.8) is 0 Å². The molecule has 0 radical (unpaired) electrons. The molecule has 4 nitrogen and oxygen atoms in total. The molecule has 0 amide bonds. The lowest BCUT2D eigenvalue weighted by atomic mass is 10.2. The van der Waals surface area contributed by atoms with E-state index in [2.05, 4.69) is 10.3 Å². The van der Waals surface area contributed by atoms with Crippen LogP contribution in [-0.2, 0) is 0 Å². The largest absolute Gasteiger partial charge is 0.390 e. The molecule has 0 aliphatic rings. The number of hydrogen-bond acceptors (Lipinski definition) is 4. The van der Waals surface area contributed by atoms with Crippen LogP contribution in [0.2, 0.25) is 0 Å². The van der Waals surface area contributed by atoms with Gasteiger partial charge in [0.2, 0.25) is 0 Å². The topological polar surface area (TPSA) is 48.4 Å². The van der Waals surface area contributed by atoms with E-state index >= 15 is 0 Å². The predicted molar refractivity (Wildman–Crippen MR) is 65.2 cm³/mol. The molecule has 1 aromatic rings. The molecule has 0 saturated heterocycles. The van der Waals surface area contributed by atoms with E-state index in [-0.39, 0.29) is 12.1 Å². The lowest BCUT2D eigenvalue weighted by molar-refractivity contribution is 0.132. The van der Waals surface area contributed by atoms with E-state index in [9.17, 15) is 5.11 Å². The van der Waals surface area contributed by atoms with E-state index in [1.54, 1.807) is 6.20 Å². The molecule has 0 aliphatic heterocycles. The van der Waals surface area contributed by atoms with Crippen LogP contribution in [0.5, 0.6) is 0 Å². The van der Waals surface area contributed by atoms with Crippen molar-refractivity contribution < 1.29 is 5.11 Å². The smallest absolute Gasteiger partial charge is 0.0791 e. The first-order valence-electron chi connectivity index (χ1n) is 5.56. The van der Waals surface area contributed by atoms with E-state index in [1.165, 1.54) is 0 Å². The Balaban J connectivity index is 2.33. The van der Waals surface area contributed by atoms with Crippen LogP contribution in [0.15, 0.2) is 24.4 Å². The number of rotatable bonds is 6. The molecule has 2 N–H and O–H groups in total. The molecule has 0 aliphatic carbocycles. The zero-order chi connectivity index (χ0) is 12.0. The number of aromatic nitrogens is 1. The number of pyridine rings is 1. The number of nitrogens with zero attached hydrogens (tertiary/aromatic N) is 2. The molecule has 2 atom stereocenters. The second-order valence-corrected chi connectivity index (χ2v) is 4.30. The highest BCUT2D eigenvalue weighted by atomic mass is 16.3. The summed E-state index contributed by atoms with van der Waals surface area (Å²) in [5.41, 5.74) is 1.000. The monoisotopic (exact) mass is 223 g/mol. The van der Waals surface area contributed by atoms with Crippen LogP contribution in [0.25, 0.3) is 0 Å².